The van der Waals surface area contributed by atoms with Gasteiger partial charge in [0.25, 0.3) is 0 Å². The molecule has 1 unspecified atom stereocenters. The number of ether oxygens (including phenoxy) is 1. The van der Waals surface area contributed by atoms with Crippen LogP contribution in [-0.2, 0) is 9.59 Å². The van der Waals surface area contributed by atoms with Gasteiger partial charge in [-0.25, -0.2) is 4.39 Å². The lowest BCUT2D eigenvalue weighted by atomic mass is 10.2. The van der Waals surface area contributed by atoms with Crippen LogP contribution in [-0.4, -0.2) is 25.0 Å². The average Bonchev–Trinajstić information content (AvgIpc) is 2.98. The molecular weight excluding hydrogens is 311 g/mol. The zero-order valence-electron chi connectivity index (χ0n) is 13.2. The summed E-state index contributed by atoms with van der Waals surface area (Å²) < 4.78 is 18.2. The van der Waals surface area contributed by atoms with Gasteiger partial charge in [0.05, 0.1) is 7.11 Å². The highest BCUT2D eigenvalue weighted by Crippen LogP contribution is 2.28. The molecule has 5 nitrogen and oxygen atoms in total. The maximum Gasteiger partial charge on any atom is 0.247 e. The fraction of sp³-hybridized carbons (Fsp3) is 0.222. The maximum atomic E-state index is 13.1. The number of nitrogens with one attached hydrogen (secondary N) is 1. The molecule has 0 bridgehead atoms. The standard InChI is InChI=1S/C18H17FN2O3/c1-24-15-8-4-13(5-9-15)20-18(23)16-10-11-17(22)21(16)14-6-2-12(19)3-7-14/h2-9,16H,10-11H2,1H3,(H,20,23). The summed E-state index contributed by atoms with van der Waals surface area (Å²) in [5, 5.41) is 2.80. The number of amides is 2. The fourth-order valence-corrected chi connectivity index (χ4v) is 2.76. The maximum absolute atomic E-state index is 13.1. The summed E-state index contributed by atoms with van der Waals surface area (Å²) in [5.74, 6) is -0.103. The third kappa shape index (κ3) is 3.22. The largest absolute Gasteiger partial charge is 0.497 e. The highest BCUT2D eigenvalue weighted by Gasteiger charge is 2.37. The van der Waals surface area contributed by atoms with Gasteiger partial charge in [-0.1, -0.05) is 0 Å². The summed E-state index contributed by atoms with van der Waals surface area (Å²) >= 11 is 0. The van der Waals surface area contributed by atoms with Crippen LogP contribution in [0, 0.1) is 5.82 Å². The Hall–Kier alpha value is -2.89. The van der Waals surface area contributed by atoms with Crippen molar-refractivity contribution in [3.63, 3.8) is 0 Å². The number of carbonyl (C=O) groups is 2. The van der Waals surface area contributed by atoms with Gasteiger partial charge in [0, 0.05) is 17.8 Å². The number of anilines is 2. The lowest BCUT2D eigenvalue weighted by Gasteiger charge is -2.24. The van der Waals surface area contributed by atoms with E-state index < -0.39 is 6.04 Å². The van der Waals surface area contributed by atoms with Crippen molar-refractivity contribution in [1.82, 2.24) is 0 Å². The van der Waals surface area contributed by atoms with Gasteiger partial charge in [0.2, 0.25) is 11.8 Å². The third-order valence-electron chi connectivity index (χ3n) is 3.98. The minimum atomic E-state index is -0.606. The van der Waals surface area contributed by atoms with Crippen molar-refractivity contribution >= 4 is 23.2 Å². The highest BCUT2D eigenvalue weighted by molar-refractivity contribution is 6.07. The number of nitrogens with zero attached hydrogens (tertiary/aromatic N) is 1. The van der Waals surface area contributed by atoms with E-state index in [1.807, 2.05) is 0 Å². The van der Waals surface area contributed by atoms with E-state index in [2.05, 4.69) is 5.32 Å². The van der Waals surface area contributed by atoms with E-state index in [0.29, 0.717) is 23.5 Å². The molecule has 3 rings (SSSR count). The van der Waals surface area contributed by atoms with Crippen molar-refractivity contribution in [2.45, 2.75) is 18.9 Å². The Morgan fingerprint density at radius 1 is 1.17 bits per heavy atom. The van der Waals surface area contributed by atoms with Crippen molar-refractivity contribution in [2.24, 2.45) is 0 Å². The molecule has 2 aromatic rings. The molecule has 2 amide bonds. The molecule has 6 heteroatoms. The summed E-state index contributed by atoms with van der Waals surface area (Å²) in [4.78, 5) is 26.1. The number of hydrogen-bond donors (Lipinski definition) is 1. The summed E-state index contributed by atoms with van der Waals surface area (Å²) in [6, 6.07) is 11.9. The van der Waals surface area contributed by atoms with E-state index in [0.717, 1.165) is 0 Å². The summed E-state index contributed by atoms with van der Waals surface area (Å²) in [6.07, 6.45) is 0.719. The van der Waals surface area contributed by atoms with E-state index >= 15 is 0 Å². The Morgan fingerprint density at radius 3 is 2.46 bits per heavy atom. The molecule has 1 aliphatic heterocycles. The molecule has 1 heterocycles. The Balaban J connectivity index is 1.77. The first-order valence-corrected chi connectivity index (χ1v) is 7.61. The zero-order chi connectivity index (χ0) is 17.1. The molecule has 2 aromatic carbocycles. The van der Waals surface area contributed by atoms with E-state index in [9.17, 15) is 14.0 Å². The van der Waals surface area contributed by atoms with Gasteiger partial charge in [0.15, 0.2) is 0 Å². The van der Waals surface area contributed by atoms with Crippen molar-refractivity contribution in [2.75, 3.05) is 17.3 Å². The van der Waals surface area contributed by atoms with Crippen LogP contribution >= 0.6 is 0 Å². The molecule has 1 aliphatic rings. The van der Waals surface area contributed by atoms with Crippen LogP contribution in [0.3, 0.4) is 0 Å². The number of methoxy groups -OCH3 is 1. The molecule has 1 fully saturated rings. The smallest absolute Gasteiger partial charge is 0.247 e. The minimum Gasteiger partial charge on any atom is -0.497 e. The van der Waals surface area contributed by atoms with E-state index in [1.165, 1.54) is 29.2 Å². The number of benzene rings is 2. The zero-order valence-corrected chi connectivity index (χ0v) is 13.2. The molecule has 0 aliphatic carbocycles. The second-order valence-electron chi connectivity index (χ2n) is 5.51. The van der Waals surface area contributed by atoms with Crippen LogP contribution < -0.4 is 15.0 Å². The molecule has 0 aromatic heterocycles. The summed E-state index contributed by atoms with van der Waals surface area (Å²) in [7, 11) is 1.57. The van der Waals surface area contributed by atoms with Gasteiger partial charge < -0.3 is 10.1 Å². The van der Waals surface area contributed by atoms with Gasteiger partial charge >= 0.3 is 0 Å². The molecule has 0 spiro atoms. The van der Waals surface area contributed by atoms with Crippen molar-refractivity contribution in [3.8, 4) is 5.75 Å². The lowest BCUT2D eigenvalue weighted by Crippen LogP contribution is -2.41. The molecular formula is C18H17FN2O3. The third-order valence-corrected chi connectivity index (χ3v) is 3.98. The number of hydrogen-bond acceptors (Lipinski definition) is 3. The predicted octanol–water partition coefficient (Wildman–Crippen LogP) is 2.97. The van der Waals surface area contributed by atoms with E-state index in [4.69, 9.17) is 4.74 Å². The molecule has 1 atom stereocenters. The van der Waals surface area contributed by atoms with Crippen molar-refractivity contribution in [1.29, 1.82) is 0 Å². The Labute approximate surface area is 139 Å². The van der Waals surface area contributed by atoms with Crippen LogP contribution in [0.25, 0.3) is 0 Å². The highest BCUT2D eigenvalue weighted by atomic mass is 19.1. The summed E-state index contributed by atoms with van der Waals surface area (Å²) in [6.45, 7) is 0. The average molecular weight is 328 g/mol. The minimum absolute atomic E-state index is 0.142. The normalized spacial score (nSPS) is 17.0. The molecule has 124 valence electrons. The molecule has 0 radical (unpaired) electrons. The van der Waals surface area contributed by atoms with Crippen molar-refractivity contribution < 1.29 is 18.7 Å². The van der Waals surface area contributed by atoms with E-state index in [1.54, 1.807) is 31.4 Å². The number of carbonyl (C=O) groups excluding carboxylic acids is 2. The first kappa shape index (κ1) is 16.0. The Bertz CT molecular complexity index is 744. The molecule has 0 saturated carbocycles. The monoisotopic (exact) mass is 328 g/mol. The topological polar surface area (TPSA) is 58.6 Å². The van der Waals surface area contributed by atoms with Gasteiger partial charge in [-0.15, -0.1) is 0 Å². The van der Waals surface area contributed by atoms with Crippen LogP contribution in [0.5, 0.6) is 5.75 Å². The van der Waals surface area contributed by atoms with Crippen LogP contribution in [0.15, 0.2) is 48.5 Å². The number of rotatable bonds is 4. The first-order chi connectivity index (χ1) is 11.6. The molecule has 1 saturated heterocycles. The SMILES string of the molecule is COc1ccc(NC(=O)C2CCC(=O)N2c2ccc(F)cc2)cc1. The fourth-order valence-electron chi connectivity index (χ4n) is 2.76. The van der Waals surface area contributed by atoms with Gasteiger partial charge in [-0.05, 0) is 55.0 Å². The van der Waals surface area contributed by atoms with Crippen LogP contribution in [0.1, 0.15) is 12.8 Å². The molecule has 24 heavy (non-hydrogen) atoms. The van der Waals surface area contributed by atoms with Gasteiger partial charge in [-0.2, -0.15) is 0 Å². The molecule has 1 N–H and O–H groups in total. The van der Waals surface area contributed by atoms with Crippen LogP contribution in [0.2, 0.25) is 0 Å². The van der Waals surface area contributed by atoms with Crippen LogP contribution in [0.4, 0.5) is 15.8 Å². The second-order valence-corrected chi connectivity index (χ2v) is 5.51. The number of halogens is 1. The second kappa shape index (κ2) is 6.70. The van der Waals surface area contributed by atoms with Crippen molar-refractivity contribution in [3.05, 3.63) is 54.3 Å². The summed E-state index contributed by atoms with van der Waals surface area (Å²) in [5.41, 5.74) is 1.15. The first-order valence-electron chi connectivity index (χ1n) is 7.61. The predicted molar refractivity (Wildman–Crippen MR) is 88.5 cm³/mol. The van der Waals surface area contributed by atoms with Gasteiger partial charge in [0.1, 0.15) is 17.6 Å². The Morgan fingerprint density at radius 2 is 1.83 bits per heavy atom. The quantitative estimate of drug-likeness (QED) is 0.939. The lowest BCUT2D eigenvalue weighted by molar-refractivity contribution is -0.120. The van der Waals surface area contributed by atoms with Gasteiger partial charge in [-0.3, -0.25) is 14.5 Å². The van der Waals surface area contributed by atoms with E-state index in [-0.39, 0.29) is 24.1 Å². The Kier molecular flexibility index (Phi) is 4.46.